The topological polar surface area (TPSA) is 114 Å². The van der Waals surface area contributed by atoms with Crippen molar-refractivity contribution in [2.75, 3.05) is 38.3 Å². The summed E-state index contributed by atoms with van der Waals surface area (Å²) in [6.07, 6.45) is -4.66. The standard InChI is InChI=1S/C44H38F7N7O3S/c1-22-35-36-39(44(49,50)51)56-58(40(36)43(47,48)37(22)35)20-34(60)53-32(15-23-13-28(45)17-29(46)14-23)38-31(25-3-4-26(19-52-2)27(16-25)21-59)18-33-41(54-38)55-42(62-33)24-5-7-30(8-6-24)57-9-11-61-12-10-57/h3-8,13-14,16-18,21-22,32,35,37,52H,9-12,15,19-20H2,1-2H3,(H,53,60). The van der Waals surface area contributed by atoms with Crippen molar-refractivity contribution in [2.45, 2.75) is 50.5 Å². The highest BCUT2D eigenvalue weighted by Crippen LogP contribution is 2.71. The van der Waals surface area contributed by atoms with Crippen LogP contribution in [0.2, 0.25) is 0 Å². The number of carbonyl (C=O) groups is 2. The van der Waals surface area contributed by atoms with Crippen LogP contribution < -0.4 is 15.5 Å². The van der Waals surface area contributed by atoms with Crippen molar-refractivity contribution in [3.63, 3.8) is 0 Å². The predicted octanol–water partition coefficient (Wildman–Crippen LogP) is 8.44. The molecule has 4 heterocycles. The van der Waals surface area contributed by atoms with Crippen molar-refractivity contribution in [1.82, 2.24) is 30.4 Å². The van der Waals surface area contributed by atoms with Crippen molar-refractivity contribution in [3.8, 4) is 21.7 Å². The maximum atomic E-state index is 15.7. The van der Waals surface area contributed by atoms with Crippen LogP contribution in [-0.2, 0) is 41.1 Å². The zero-order valence-electron chi connectivity index (χ0n) is 33.2. The number of nitrogens with one attached hydrogen (secondary N) is 2. The molecule has 2 N–H and O–H groups in total. The van der Waals surface area contributed by atoms with Gasteiger partial charge < -0.3 is 20.3 Å². The molecule has 1 saturated heterocycles. The zero-order valence-corrected chi connectivity index (χ0v) is 34.0. The molecule has 3 aromatic heterocycles. The number of rotatable bonds is 12. The minimum Gasteiger partial charge on any atom is -0.378 e. The molecule has 2 aliphatic carbocycles. The van der Waals surface area contributed by atoms with Crippen LogP contribution >= 0.6 is 11.3 Å². The van der Waals surface area contributed by atoms with Gasteiger partial charge in [0.15, 0.2) is 11.3 Å². The molecule has 4 atom stereocenters. The Morgan fingerprint density at radius 3 is 2.39 bits per heavy atom. The van der Waals surface area contributed by atoms with Gasteiger partial charge >= 0.3 is 6.18 Å². The number of carbonyl (C=O) groups excluding carboxylic acids is 2. The van der Waals surface area contributed by atoms with Gasteiger partial charge in [-0.1, -0.05) is 19.1 Å². The number of morpholine rings is 1. The Hall–Kier alpha value is -5.72. The Morgan fingerprint density at radius 1 is 1.00 bits per heavy atom. The van der Waals surface area contributed by atoms with Crippen LogP contribution in [0.15, 0.2) is 66.7 Å². The Labute approximate surface area is 354 Å². The van der Waals surface area contributed by atoms with E-state index in [0.717, 1.165) is 36.5 Å². The van der Waals surface area contributed by atoms with Crippen LogP contribution in [-0.4, -0.2) is 65.3 Å². The van der Waals surface area contributed by atoms with Crippen LogP contribution in [0, 0.1) is 23.5 Å². The van der Waals surface area contributed by atoms with Crippen LogP contribution in [0.3, 0.4) is 0 Å². The molecule has 1 saturated carbocycles. The van der Waals surface area contributed by atoms with Crippen LogP contribution in [0.5, 0.6) is 0 Å². The van der Waals surface area contributed by atoms with Crippen molar-refractivity contribution >= 4 is 39.6 Å². The van der Waals surface area contributed by atoms with E-state index in [1.54, 1.807) is 31.3 Å². The number of hydrogen-bond acceptors (Lipinski definition) is 9. The van der Waals surface area contributed by atoms with Crippen molar-refractivity contribution in [3.05, 3.63) is 118 Å². The molecule has 4 unspecified atom stereocenters. The highest BCUT2D eigenvalue weighted by atomic mass is 32.1. The van der Waals surface area contributed by atoms with Gasteiger partial charge in [0.05, 0.1) is 29.6 Å². The molecule has 10 nitrogen and oxygen atoms in total. The van der Waals surface area contributed by atoms with Crippen molar-refractivity contribution in [1.29, 1.82) is 0 Å². The third kappa shape index (κ3) is 7.61. The van der Waals surface area contributed by atoms with E-state index in [9.17, 15) is 31.5 Å². The summed E-state index contributed by atoms with van der Waals surface area (Å²) >= 11 is 1.34. The molecular weight excluding hydrogens is 840 g/mol. The minimum absolute atomic E-state index is 0.0814. The number of aromatic nitrogens is 4. The molecule has 1 amide bonds. The average molecular weight is 878 g/mol. The molecule has 3 aliphatic rings. The predicted molar refractivity (Wildman–Crippen MR) is 217 cm³/mol. The van der Waals surface area contributed by atoms with Gasteiger partial charge in [0.25, 0.3) is 5.92 Å². The first-order valence-corrected chi connectivity index (χ1v) is 20.7. The minimum atomic E-state index is -5.06. The van der Waals surface area contributed by atoms with E-state index < -0.39 is 76.9 Å². The van der Waals surface area contributed by atoms with Gasteiger partial charge in [0.2, 0.25) is 5.91 Å². The smallest absolute Gasteiger partial charge is 0.378 e. The molecule has 3 aromatic carbocycles. The van der Waals surface area contributed by atoms with Gasteiger partial charge in [0.1, 0.15) is 35.2 Å². The lowest BCUT2D eigenvalue weighted by molar-refractivity contribution is -0.142. The van der Waals surface area contributed by atoms with Crippen LogP contribution in [0.1, 0.15) is 63.0 Å². The molecule has 322 valence electrons. The van der Waals surface area contributed by atoms with Gasteiger partial charge in [-0.3, -0.25) is 14.3 Å². The molecule has 6 aromatic rings. The van der Waals surface area contributed by atoms with Gasteiger partial charge in [0, 0.05) is 65.5 Å². The lowest BCUT2D eigenvalue weighted by Gasteiger charge is -2.28. The molecule has 1 aliphatic heterocycles. The third-order valence-corrected chi connectivity index (χ3v) is 12.9. The third-order valence-electron chi connectivity index (χ3n) is 11.9. The second-order valence-corrected chi connectivity index (χ2v) is 16.9. The number of fused-ring (bicyclic) bond motifs is 4. The van der Waals surface area contributed by atoms with E-state index in [1.165, 1.54) is 18.3 Å². The number of aldehydes is 1. The SMILES string of the molecule is CNCc1ccc(-c2cc3sc(-c4ccc(N5CCOCC5)cc4)nc3nc2C(Cc2cc(F)cc(F)c2)NC(=O)Cn2nc(C(F)(F)F)c3c2C(F)(F)C2C(C)C32)cc1C=O. The highest BCUT2D eigenvalue weighted by molar-refractivity contribution is 7.21. The number of amides is 1. The molecule has 0 spiro atoms. The van der Waals surface area contributed by atoms with Crippen LogP contribution in [0.25, 0.3) is 32.0 Å². The fraction of sp³-hybridized carbons (Fsp3) is 0.341. The summed E-state index contributed by atoms with van der Waals surface area (Å²) in [5.41, 5.74) is 1.20. The average Bonchev–Trinajstić information content (AvgIpc) is 3.47. The summed E-state index contributed by atoms with van der Waals surface area (Å²) in [5.74, 6) is -9.60. The first-order valence-electron chi connectivity index (χ1n) is 19.9. The molecule has 9 rings (SSSR count). The van der Waals surface area contributed by atoms with E-state index in [0.29, 0.717) is 68.8 Å². The summed E-state index contributed by atoms with van der Waals surface area (Å²) in [6, 6.07) is 16.3. The van der Waals surface area contributed by atoms with E-state index in [1.807, 2.05) is 24.3 Å². The quantitative estimate of drug-likeness (QED) is 0.0931. The van der Waals surface area contributed by atoms with Crippen LogP contribution in [0.4, 0.5) is 36.4 Å². The first kappa shape index (κ1) is 41.6. The van der Waals surface area contributed by atoms with Gasteiger partial charge in [-0.2, -0.15) is 27.1 Å². The number of alkyl halides is 5. The number of pyridine rings is 1. The Morgan fingerprint density at radius 2 is 1.71 bits per heavy atom. The lowest BCUT2D eigenvalue weighted by Crippen LogP contribution is -2.36. The van der Waals surface area contributed by atoms with Gasteiger partial charge in [-0.25, -0.2) is 18.7 Å². The zero-order chi connectivity index (χ0) is 43.7. The maximum Gasteiger partial charge on any atom is 0.435 e. The molecule has 18 heteroatoms. The monoisotopic (exact) mass is 877 g/mol. The Balaban J connectivity index is 1.14. The molecule has 0 radical (unpaired) electrons. The largest absolute Gasteiger partial charge is 0.435 e. The summed E-state index contributed by atoms with van der Waals surface area (Å²) in [4.78, 5) is 38.4. The molecule has 62 heavy (non-hydrogen) atoms. The molecule has 0 bridgehead atoms. The second kappa shape index (κ2) is 15.9. The van der Waals surface area contributed by atoms with E-state index >= 15 is 8.78 Å². The maximum absolute atomic E-state index is 15.7. The van der Waals surface area contributed by atoms with Crippen molar-refractivity contribution in [2.24, 2.45) is 11.8 Å². The second-order valence-electron chi connectivity index (χ2n) is 15.9. The molecular formula is C44H38F7N7O3S. The van der Waals surface area contributed by atoms with Gasteiger partial charge in [-0.05, 0) is 84.6 Å². The number of benzene rings is 3. The normalized spacial score (nSPS) is 19.6. The number of ether oxygens (including phenoxy) is 1. The lowest BCUT2D eigenvalue weighted by atomic mass is 9.93. The number of hydrogen-bond donors (Lipinski definition) is 2. The number of nitrogens with zero attached hydrogens (tertiary/aromatic N) is 5. The first-order chi connectivity index (χ1) is 29.6. The fourth-order valence-electron chi connectivity index (χ4n) is 9.00. The van der Waals surface area contributed by atoms with E-state index in [2.05, 4.69) is 20.6 Å². The summed E-state index contributed by atoms with van der Waals surface area (Å²) in [6.45, 7) is 3.56. The Bertz CT molecular complexity index is 2690. The van der Waals surface area contributed by atoms with E-state index in [4.69, 9.17) is 14.7 Å². The number of anilines is 1. The number of thiazole rings is 1. The van der Waals surface area contributed by atoms with Crippen molar-refractivity contribution < 1.29 is 45.1 Å². The summed E-state index contributed by atoms with van der Waals surface area (Å²) in [7, 11) is 1.73. The van der Waals surface area contributed by atoms with E-state index in [-0.39, 0.29) is 23.3 Å². The fourth-order valence-corrected chi connectivity index (χ4v) is 9.95. The molecule has 2 fully saturated rings. The summed E-state index contributed by atoms with van der Waals surface area (Å²) in [5, 5.41) is 9.88. The number of halogens is 7. The Kier molecular flexibility index (Phi) is 10.7. The highest BCUT2D eigenvalue weighted by Gasteiger charge is 2.72. The van der Waals surface area contributed by atoms with Gasteiger partial charge in [-0.15, -0.1) is 11.3 Å². The summed E-state index contributed by atoms with van der Waals surface area (Å²) < 4.78 is 110.